The molecule has 1 amide bonds. The van der Waals surface area contributed by atoms with Crippen molar-refractivity contribution in [1.29, 1.82) is 0 Å². The van der Waals surface area contributed by atoms with Gasteiger partial charge in [0, 0.05) is 17.1 Å². The second-order valence-corrected chi connectivity index (χ2v) is 8.12. The number of aryl methyl sites for hydroxylation is 1. The van der Waals surface area contributed by atoms with Crippen LogP contribution in [0.15, 0.2) is 46.9 Å². The van der Waals surface area contributed by atoms with Crippen molar-refractivity contribution in [2.45, 2.75) is 25.6 Å². The van der Waals surface area contributed by atoms with E-state index < -0.39 is 6.04 Å². The average molecular weight is 427 g/mol. The zero-order valence-corrected chi connectivity index (χ0v) is 17.8. The first-order valence-corrected chi connectivity index (χ1v) is 10.0. The van der Waals surface area contributed by atoms with Crippen molar-refractivity contribution in [1.82, 2.24) is 20.0 Å². The first-order chi connectivity index (χ1) is 14.4. The molecule has 2 unspecified atom stereocenters. The van der Waals surface area contributed by atoms with Gasteiger partial charge in [-0.3, -0.25) is 4.79 Å². The standard InChI is InChI=1S/C22H23ClN4O3/c1-14-10-18(9-6-16(14)11-26(2)3)29-19-12-27(13-28)20(19)22-25-24-21(30-22)15-4-7-17(23)8-5-15/h4-10,13,19-20H,11-12H2,1-3H3. The average Bonchev–Trinajstić information content (AvgIpc) is 3.16. The van der Waals surface area contributed by atoms with Gasteiger partial charge in [-0.2, -0.15) is 0 Å². The number of halogens is 1. The summed E-state index contributed by atoms with van der Waals surface area (Å²) in [5.41, 5.74) is 3.17. The summed E-state index contributed by atoms with van der Waals surface area (Å²) >= 11 is 5.93. The lowest BCUT2D eigenvalue weighted by Crippen LogP contribution is -2.55. The molecule has 0 saturated carbocycles. The molecule has 1 saturated heterocycles. The predicted molar refractivity (Wildman–Crippen MR) is 113 cm³/mol. The highest BCUT2D eigenvalue weighted by Crippen LogP contribution is 2.36. The quantitative estimate of drug-likeness (QED) is 0.536. The molecule has 156 valence electrons. The van der Waals surface area contributed by atoms with Crippen LogP contribution in [0.1, 0.15) is 23.1 Å². The number of aromatic nitrogens is 2. The Morgan fingerprint density at radius 2 is 2.00 bits per heavy atom. The fraction of sp³-hybridized carbons (Fsp3) is 0.318. The van der Waals surface area contributed by atoms with Crippen molar-refractivity contribution in [3.8, 4) is 17.2 Å². The number of carbonyl (C=O) groups excluding carboxylic acids is 1. The topological polar surface area (TPSA) is 71.7 Å². The lowest BCUT2D eigenvalue weighted by atomic mass is 10.00. The highest BCUT2D eigenvalue weighted by Gasteiger charge is 2.45. The van der Waals surface area contributed by atoms with E-state index in [-0.39, 0.29) is 6.10 Å². The van der Waals surface area contributed by atoms with Crippen molar-refractivity contribution in [3.63, 3.8) is 0 Å². The number of nitrogens with zero attached hydrogens (tertiary/aromatic N) is 4. The number of hydrogen-bond donors (Lipinski definition) is 0. The van der Waals surface area contributed by atoms with Gasteiger partial charge in [0.15, 0.2) is 0 Å². The third-order valence-electron chi connectivity index (χ3n) is 5.11. The summed E-state index contributed by atoms with van der Waals surface area (Å²) in [6, 6.07) is 12.8. The molecule has 0 spiro atoms. The van der Waals surface area contributed by atoms with Crippen LogP contribution in [0.3, 0.4) is 0 Å². The smallest absolute Gasteiger partial charge is 0.247 e. The van der Waals surface area contributed by atoms with E-state index in [0.29, 0.717) is 23.3 Å². The van der Waals surface area contributed by atoms with Gasteiger partial charge in [-0.05, 0) is 68.5 Å². The third kappa shape index (κ3) is 4.17. The lowest BCUT2D eigenvalue weighted by Gasteiger charge is -2.43. The molecule has 1 aliphatic rings. The van der Waals surface area contributed by atoms with E-state index in [1.165, 1.54) is 5.56 Å². The second kappa shape index (κ2) is 8.45. The largest absolute Gasteiger partial charge is 0.486 e. The van der Waals surface area contributed by atoms with E-state index in [9.17, 15) is 4.79 Å². The fourth-order valence-electron chi connectivity index (χ4n) is 3.51. The van der Waals surface area contributed by atoms with Gasteiger partial charge in [0.2, 0.25) is 18.2 Å². The Morgan fingerprint density at radius 3 is 2.67 bits per heavy atom. The molecule has 3 aromatic rings. The Bertz CT molecular complexity index is 1040. The highest BCUT2D eigenvalue weighted by molar-refractivity contribution is 6.30. The van der Waals surface area contributed by atoms with E-state index in [0.717, 1.165) is 29.8 Å². The number of carbonyl (C=O) groups is 1. The molecule has 1 aliphatic heterocycles. The van der Waals surface area contributed by atoms with Crippen LogP contribution in [0.25, 0.3) is 11.5 Å². The molecule has 0 radical (unpaired) electrons. The van der Waals surface area contributed by atoms with Crippen LogP contribution in [0.4, 0.5) is 0 Å². The maximum absolute atomic E-state index is 11.4. The van der Waals surface area contributed by atoms with E-state index in [2.05, 4.69) is 28.1 Å². The Kier molecular flexibility index (Phi) is 5.74. The first-order valence-electron chi connectivity index (χ1n) is 9.66. The number of ether oxygens (including phenoxy) is 1. The number of amides is 1. The van der Waals surface area contributed by atoms with Gasteiger partial charge in [0.1, 0.15) is 17.9 Å². The second-order valence-electron chi connectivity index (χ2n) is 7.68. The minimum atomic E-state index is -0.419. The summed E-state index contributed by atoms with van der Waals surface area (Å²) in [5.74, 6) is 1.49. The summed E-state index contributed by atoms with van der Waals surface area (Å²) in [6.45, 7) is 3.40. The fourth-order valence-corrected chi connectivity index (χ4v) is 3.63. The maximum atomic E-state index is 11.4. The van der Waals surface area contributed by atoms with Crippen LogP contribution in [0, 0.1) is 6.92 Å². The minimum Gasteiger partial charge on any atom is -0.486 e. The van der Waals surface area contributed by atoms with Gasteiger partial charge in [0.25, 0.3) is 0 Å². The summed E-state index contributed by atoms with van der Waals surface area (Å²) in [4.78, 5) is 15.2. The van der Waals surface area contributed by atoms with Crippen LogP contribution in [0.5, 0.6) is 5.75 Å². The molecule has 2 atom stereocenters. The summed E-state index contributed by atoms with van der Waals surface area (Å²) in [6.07, 6.45) is 0.523. The van der Waals surface area contributed by atoms with Gasteiger partial charge in [-0.1, -0.05) is 17.7 Å². The molecule has 1 aromatic heterocycles. The molecule has 30 heavy (non-hydrogen) atoms. The number of benzene rings is 2. The van der Waals surface area contributed by atoms with Gasteiger partial charge < -0.3 is 19.0 Å². The molecular formula is C22H23ClN4O3. The van der Waals surface area contributed by atoms with Crippen molar-refractivity contribution < 1.29 is 13.9 Å². The van der Waals surface area contributed by atoms with Crippen molar-refractivity contribution in [3.05, 3.63) is 64.5 Å². The Morgan fingerprint density at radius 1 is 1.23 bits per heavy atom. The van der Waals surface area contributed by atoms with E-state index in [1.807, 2.05) is 38.4 Å². The molecule has 0 N–H and O–H groups in total. The summed E-state index contributed by atoms with van der Waals surface area (Å²) in [5, 5.41) is 8.91. The zero-order chi connectivity index (χ0) is 21.3. The van der Waals surface area contributed by atoms with Gasteiger partial charge in [-0.25, -0.2) is 0 Å². The third-order valence-corrected chi connectivity index (χ3v) is 5.36. The van der Waals surface area contributed by atoms with E-state index in [4.69, 9.17) is 20.8 Å². The van der Waals surface area contributed by atoms with Gasteiger partial charge in [0.05, 0.1) is 6.54 Å². The zero-order valence-electron chi connectivity index (χ0n) is 17.1. The minimum absolute atomic E-state index is 0.257. The number of rotatable bonds is 7. The SMILES string of the molecule is Cc1cc(OC2CN(C=O)C2c2nnc(-c3ccc(Cl)cc3)o2)ccc1CN(C)C. The molecule has 2 heterocycles. The molecular weight excluding hydrogens is 404 g/mol. The van der Waals surface area contributed by atoms with Gasteiger partial charge in [-0.15, -0.1) is 10.2 Å². The predicted octanol–water partition coefficient (Wildman–Crippen LogP) is 3.72. The van der Waals surface area contributed by atoms with Crippen molar-refractivity contribution >= 4 is 18.0 Å². The Balaban J connectivity index is 1.51. The molecule has 8 heteroatoms. The van der Waals surface area contributed by atoms with Crippen molar-refractivity contribution in [2.24, 2.45) is 0 Å². The Hall–Kier alpha value is -2.90. The maximum Gasteiger partial charge on any atom is 0.247 e. The monoisotopic (exact) mass is 426 g/mol. The summed E-state index contributed by atoms with van der Waals surface area (Å²) in [7, 11) is 4.08. The number of hydrogen-bond acceptors (Lipinski definition) is 6. The molecule has 4 rings (SSSR count). The summed E-state index contributed by atoms with van der Waals surface area (Å²) < 4.78 is 12.0. The normalized spacial score (nSPS) is 18.4. The van der Waals surface area contributed by atoms with Crippen LogP contribution < -0.4 is 4.74 Å². The molecule has 7 nitrogen and oxygen atoms in total. The molecule has 1 fully saturated rings. The van der Waals surface area contributed by atoms with E-state index in [1.54, 1.807) is 17.0 Å². The first kappa shape index (κ1) is 20.4. The molecule has 2 aromatic carbocycles. The molecule has 0 aliphatic carbocycles. The lowest BCUT2D eigenvalue weighted by molar-refractivity contribution is -0.136. The van der Waals surface area contributed by atoms with Gasteiger partial charge >= 0.3 is 0 Å². The van der Waals surface area contributed by atoms with Crippen molar-refractivity contribution in [2.75, 3.05) is 20.6 Å². The van der Waals surface area contributed by atoms with Crippen LogP contribution in [-0.2, 0) is 11.3 Å². The van der Waals surface area contributed by atoms with Crippen LogP contribution >= 0.6 is 11.6 Å². The molecule has 0 bridgehead atoms. The van der Waals surface area contributed by atoms with Crippen LogP contribution in [0.2, 0.25) is 5.02 Å². The van der Waals surface area contributed by atoms with Crippen LogP contribution in [-0.4, -0.2) is 53.2 Å². The number of likely N-dealkylation sites (tertiary alicyclic amines) is 1. The Labute approximate surface area is 180 Å². The van der Waals surface area contributed by atoms with E-state index >= 15 is 0 Å². The highest BCUT2D eigenvalue weighted by atomic mass is 35.5.